The van der Waals surface area contributed by atoms with E-state index in [-0.39, 0.29) is 13.2 Å². The van der Waals surface area contributed by atoms with E-state index < -0.39 is 18.2 Å². The van der Waals surface area contributed by atoms with Crippen molar-refractivity contribution in [3.63, 3.8) is 0 Å². The van der Waals surface area contributed by atoms with Gasteiger partial charge in [-0.05, 0) is 62.1 Å². The molecule has 166 valence electrons. The molecule has 0 atom stereocenters. The maximum Gasteiger partial charge on any atom is 0.417 e. The van der Waals surface area contributed by atoms with Crippen LogP contribution in [0.2, 0.25) is 0 Å². The second kappa shape index (κ2) is 12.2. The van der Waals surface area contributed by atoms with Gasteiger partial charge < -0.3 is 14.8 Å². The van der Waals surface area contributed by atoms with E-state index in [0.717, 1.165) is 22.4 Å². The van der Waals surface area contributed by atoms with E-state index in [1.165, 1.54) is 0 Å². The monoisotopic (exact) mass is 427 g/mol. The lowest BCUT2D eigenvalue weighted by Gasteiger charge is -2.18. The number of nitrogens with zero attached hydrogens (tertiary/aromatic N) is 1. The third-order valence-corrected chi connectivity index (χ3v) is 4.30. The Bertz CT molecular complexity index is 866. The Morgan fingerprint density at radius 2 is 1.35 bits per heavy atom. The van der Waals surface area contributed by atoms with Crippen molar-refractivity contribution in [2.45, 2.75) is 33.6 Å². The highest BCUT2D eigenvalue weighted by molar-refractivity contribution is 5.99. The van der Waals surface area contributed by atoms with E-state index in [2.05, 4.69) is 10.6 Å². The van der Waals surface area contributed by atoms with Crippen molar-refractivity contribution in [3.05, 3.63) is 59.7 Å². The summed E-state index contributed by atoms with van der Waals surface area (Å²) in [5.74, 6) is 0. The minimum Gasteiger partial charge on any atom is -0.449 e. The normalized spacial score (nSPS) is 10.2. The van der Waals surface area contributed by atoms with E-state index in [9.17, 15) is 14.4 Å². The highest BCUT2D eigenvalue weighted by Gasteiger charge is 2.20. The number of carbonyl (C=O) groups excluding carboxylic acids is 3. The van der Waals surface area contributed by atoms with Crippen molar-refractivity contribution in [3.8, 4) is 0 Å². The molecule has 0 aliphatic heterocycles. The van der Waals surface area contributed by atoms with Crippen molar-refractivity contribution in [1.82, 2.24) is 4.90 Å². The second-order valence-electron chi connectivity index (χ2n) is 6.70. The summed E-state index contributed by atoms with van der Waals surface area (Å²) in [5.41, 5.74) is 3.38. The van der Waals surface area contributed by atoms with E-state index in [0.29, 0.717) is 24.4 Å². The van der Waals surface area contributed by atoms with Gasteiger partial charge in [0.2, 0.25) is 0 Å². The summed E-state index contributed by atoms with van der Waals surface area (Å²) in [7, 11) is 0. The number of carbonyl (C=O) groups is 3. The Morgan fingerprint density at radius 3 is 1.84 bits per heavy atom. The van der Waals surface area contributed by atoms with Gasteiger partial charge in [0, 0.05) is 17.9 Å². The Balaban J connectivity index is 1.91. The lowest BCUT2D eigenvalue weighted by atomic mass is 10.0. The molecule has 0 aromatic heterocycles. The van der Waals surface area contributed by atoms with Crippen LogP contribution in [-0.2, 0) is 15.9 Å². The van der Waals surface area contributed by atoms with Crippen LogP contribution in [0, 0.1) is 0 Å². The zero-order valence-electron chi connectivity index (χ0n) is 18.1. The van der Waals surface area contributed by atoms with Crippen molar-refractivity contribution in [2.24, 2.45) is 0 Å². The highest BCUT2D eigenvalue weighted by atomic mass is 16.6. The molecular formula is C23H29N3O5. The van der Waals surface area contributed by atoms with Crippen molar-refractivity contribution in [2.75, 3.05) is 30.4 Å². The number of ether oxygens (including phenoxy) is 2. The summed E-state index contributed by atoms with van der Waals surface area (Å²) >= 11 is 0. The SMILES string of the molecule is CCCOC(=O)Nc1ccc(Cc2ccc(NC(=O)N(CC)C(=O)OCC)cc2)cc1. The van der Waals surface area contributed by atoms with Crippen LogP contribution in [0.1, 0.15) is 38.3 Å². The number of anilines is 2. The maximum atomic E-state index is 12.3. The molecule has 2 N–H and O–H groups in total. The maximum absolute atomic E-state index is 12.3. The topological polar surface area (TPSA) is 97.0 Å². The second-order valence-corrected chi connectivity index (χ2v) is 6.70. The van der Waals surface area contributed by atoms with Crippen LogP contribution in [0.3, 0.4) is 0 Å². The van der Waals surface area contributed by atoms with Gasteiger partial charge in [0.25, 0.3) is 0 Å². The average molecular weight is 428 g/mol. The number of nitrogens with one attached hydrogen (secondary N) is 2. The Hall–Kier alpha value is -3.55. The summed E-state index contributed by atoms with van der Waals surface area (Å²) in [5, 5.41) is 5.38. The molecule has 2 aromatic rings. The molecular weight excluding hydrogens is 398 g/mol. The standard InChI is InChI=1S/C23H29N3O5/c1-4-15-31-22(28)25-20-13-9-18(10-14-20)16-17-7-11-19(12-8-17)24-21(27)26(5-2)23(29)30-6-3/h7-14H,4-6,15-16H2,1-3H3,(H,24,27)(H,25,28). The first-order valence-corrected chi connectivity index (χ1v) is 10.3. The van der Waals surface area contributed by atoms with Crippen LogP contribution in [0.25, 0.3) is 0 Å². The van der Waals surface area contributed by atoms with Crippen LogP contribution in [0.4, 0.5) is 25.8 Å². The van der Waals surface area contributed by atoms with E-state index in [1.807, 2.05) is 43.3 Å². The molecule has 0 aliphatic carbocycles. The molecule has 8 heteroatoms. The van der Waals surface area contributed by atoms with Crippen molar-refractivity contribution in [1.29, 1.82) is 0 Å². The molecule has 2 rings (SSSR count). The third-order valence-electron chi connectivity index (χ3n) is 4.30. The van der Waals surface area contributed by atoms with E-state index in [1.54, 1.807) is 26.0 Å². The van der Waals surface area contributed by atoms with Crippen molar-refractivity contribution >= 4 is 29.6 Å². The zero-order valence-corrected chi connectivity index (χ0v) is 18.1. The fourth-order valence-corrected chi connectivity index (χ4v) is 2.74. The Kier molecular flexibility index (Phi) is 9.35. The number of urea groups is 1. The molecule has 0 saturated carbocycles. The molecule has 0 saturated heterocycles. The lowest BCUT2D eigenvalue weighted by Crippen LogP contribution is -2.40. The largest absolute Gasteiger partial charge is 0.449 e. The first-order chi connectivity index (χ1) is 15.0. The quantitative estimate of drug-likeness (QED) is 0.600. The smallest absolute Gasteiger partial charge is 0.417 e. The van der Waals surface area contributed by atoms with Gasteiger partial charge in [0.15, 0.2) is 0 Å². The first kappa shape index (κ1) is 23.7. The Labute approximate surface area is 182 Å². The number of hydrogen-bond acceptors (Lipinski definition) is 5. The van der Waals surface area contributed by atoms with E-state index >= 15 is 0 Å². The summed E-state index contributed by atoms with van der Waals surface area (Å²) < 4.78 is 9.88. The number of hydrogen-bond donors (Lipinski definition) is 2. The predicted molar refractivity (Wildman–Crippen MR) is 119 cm³/mol. The molecule has 0 aliphatic rings. The van der Waals surface area contributed by atoms with Gasteiger partial charge in [-0.3, -0.25) is 5.32 Å². The Morgan fingerprint density at radius 1 is 0.806 bits per heavy atom. The van der Waals surface area contributed by atoms with Gasteiger partial charge in [0.05, 0.1) is 13.2 Å². The number of amides is 4. The molecule has 0 bridgehead atoms. The van der Waals surface area contributed by atoms with Crippen LogP contribution >= 0.6 is 0 Å². The van der Waals surface area contributed by atoms with Crippen LogP contribution in [0.15, 0.2) is 48.5 Å². The number of imide groups is 1. The molecule has 8 nitrogen and oxygen atoms in total. The predicted octanol–water partition coefficient (Wildman–Crippen LogP) is 5.25. The number of benzene rings is 2. The zero-order chi connectivity index (χ0) is 22.6. The fraction of sp³-hybridized carbons (Fsp3) is 0.348. The molecule has 0 spiro atoms. The van der Waals surface area contributed by atoms with Gasteiger partial charge in [-0.25, -0.2) is 19.3 Å². The van der Waals surface area contributed by atoms with Crippen molar-refractivity contribution < 1.29 is 23.9 Å². The molecule has 0 unspecified atom stereocenters. The molecule has 0 heterocycles. The summed E-state index contributed by atoms with van der Waals surface area (Å²) in [4.78, 5) is 36.7. The third kappa shape index (κ3) is 7.65. The minimum absolute atomic E-state index is 0.206. The summed E-state index contributed by atoms with van der Waals surface area (Å²) in [6.07, 6.45) is 0.336. The van der Waals surface area contributed by atoms with Gasteiger partial charge in [-0.2, -0.15) is 0 Å². The summed E-state index contributed by atoms with van der Waals surface area (Å²) in [6, 6.07) is 14.4. The van der Waals surface area contributed by atoms with Crippen LogP contribution in [0.5, 0.6) is 0 Å². The summed E-state index contributed by atoms with van der Waals surface area (Å²) in [6.45, 7) is 6.13. The molecule has 0 radical (unpaired) electrons. The van der Waals surface area contributed by atoms with Crippen LogP contribution < -0.4 is 10.6 Å². The molecule has 31 heavy (non-hydrogen) atoms. The average Bonchev–Trinajstić information content (AvgIpc) is 2.76. The molecule has 0 fully saturated rings. The van der Waals surface area contributed by atoms with Gasteiger partial charge >= 0.3 is 18.2 Å². The number of rotatable bonds is 8. The van der Waals surface area contributed by atoms with Gasteiger partial charge in [-0.1, -0.05) is 31.2 Å². The van der Waals surface area contributed by atoms with Gasteiger partial charge in [0.1, 0.15) is 0 Å². The van der Waals surface area contributed by atoms with Gasteiger partial charge in [-0.15, -0.1) is 0 Å². The molecule has 4 amide bonds. The molecule has 2 aromatic carbocycles. The lowest BCUT2D eigenvalue weighted by molar-refractivity contribution is 0.119. The highest BCUT2D eigenvalue weighted by Crippen LogP contribution is 2.16. The van der Waals surface area contributed by atoms with E-state index in [4.69, 9.17) is 9.47 Å². The minimum atomic E-state index is -0.671. The fourth-order valence-electron chi connectivity index (χ4n) is 2.74. The van der Waals surface area contributed by atoms with Crippen LogP contribution in [-0.4, -0.2) is 42.9 Å². The first-order valence-electron chi connectivity index (χ1n) is 10.3.